The summed E-state index contributed by atoms with van der Waals surface area (Å²) >= 11 is 0. The molecule has 0 aromatic carbocycles. The van der Waals surface area contributed by atoms with Crippen molar-refractivity contribution in [2.75, 3.05) is 0 Å². The molecule has 5 heteroatoms. The van der Waals surface area contributed by atoms with Gasteiger partial charge in [-0.1, -0.05) is 26.7 Å². The van der Waals surface area contributed by atoms with Gasteiger partial charge in [-0.25, -0.2) is 0 Å². The number of rotatable bonds is 5. The van der Waals surface area contributed by atoms with Crippen molar-refractivity contribution in [3.8, 4) is 0 Å². The molecule has 0 saturated heterocycles. The summed E-state index contributed by atoms with van der Waals surface area (Å²) in [4.78, 5) is 11.9. The van der Waals surface area contributed by atoms with Crippen molar-refractivity contribution >= 4 is 5.91 Å². The molecule has 1 aliphatic heterocycles. The van der Waals surface area contributed by atoms with Gasteiger partial charge < -0.3 is 9.88 Å². The number of hydrogen-bond acceptors (Lipinski definition) is 3. The van der Waals surface area contributed by atoms with Gasteiger partial charge in [0.2, 0.25) is 5.91 Å². The topological polar surface area (TPSA) is 59.8 Å². The molecule has 2 rings (SSSR count). The number of amides is 1. The Morgan fingerprint density at radius 2 is 2.21 bits per heavy atom. The molecule has 1 unspecified atom stereocenters. The smallest absolute Gasteiger partial charge is 0.223 e. The highest BCUT2D eigenvalue weighted by molar-refractivity contribution is 5.78. The summed E-state index contributed by atoms with van der Waals surface area (Å²) in [5.41, 5.74) is 0. The van der Waals surface area contributed by atoms with Gasteiger partial charge in [-0.15, -0.1) is 10.2 Å². The van der Waals surface area contributed by atoms with Crippen molar-refractivity contribution in [2.24, 2.45) is 5.92 Å². The van der Waals surface area contributed by atoms with Crippen molar-refractivity contribution in [3.63, 3.8) is 0 Å². The van der Waals surface area contributed by atoms with Gasteiger partial charge in [0, 0.05) is 18.9 Å². The Bertz CT molecular complexity index is 427. The Hall–Kier alpha value is -1.39. The van der Waals surface area contributed by atoms with Crippen molar-refractivity contribution in [1.82, 2.24) is 20.1 Å². The fourth-order valence-electron chi connectivity index (χ4n) is 2.58. The highest BCUT2D eigenvalue weighted by Crippen LogP contribution is 2.14. The van der Waals surface area contributed by atoms with E-state index in [1.165, 1.54) is 19.3 Å². The molecule has 1 N–H and O–H groups in total. The number of hydrogen-bond donors (Lipinski definition) is 1. The van der Waals surface area contributed by atoms with Crippen molar-refractivity contribution in [3.05, 3.63) is 11.6 Å². The second-order valence-electron chi connectivity index (χ2n) is 5.40. The maximum atomic E-state index is 11.9. The fraction of sp³-hybridized carbons (Fsp3) is 0.786. The number of carbonyl (C=O) groups excluding carboxylic acids is 1. The average molecular weight is 264 g/mol. The van der Waals surface area contributed by atoms with Crippen molar-refractivity contribution < 1.29 is 4.79 Å². The molecule has 1 atom stereocenters. The highest BCUT2D eigenvalue weighted by atomic mass is 16.1. The standard InChI is InChI=1S/C14H24N4O/c1-3-7-11(2)14(19)15-10-13-17-16-12-8-5-4-6-9-18(12)13/h11H,3-10H2,1-2H3,(H,15,19). The predicted molar refractivity (Wildman–Crippen MR) is 73.5 cm³/mol. The first-order chi connectivity index (χ1) is 9.22. The van der Waals surface area contributed by atoms with Crippen LogP contribution in [0, 0.1) is 5.92 Å². The Kier molecular flexibility index (Phi) is 4.93. The molecule has 0 bridgehead atoms. The van der Waals surface area contributed by atoms with Crippen LogP contribution in [0.2, 0.25) is 0 Å². The number of aryl methyl sites for hydroxylation is 1. The molecule has 1 amide bonds. The lowest BCUT2D eigenvalue weighted by molar-refractivity contribution is -0.124. The van der Waals surface area contributed by atoms with Gasteiger partial charge in [-0.2, -0.15) is 0 Å². The molecule has 1 aromatic rings. The van der Waals surface area contributed by atoms with Crippen molar-refractivity contribution in [2.45, 2.75) is 65.5 Å². The number of nitrogens with zero attached hydrogens (tertiary/aromatic N) is 3. The first kappa shape index (κ1) is 14.0. The van der Waals surface area contributed by atoms with E-state index in [0.29, 0.717) is 6.54 Å². The van der Waals surface area contributed by atoms with Crippen LogP contribution in [0.1, 0.15) is 57.6 Å². The van der Waals surface area contributed by atoms with Gasteiger partial charge in [0.1, 0.15) is 5.82 Å². The lowest BCUT2D eigenvalue weighted by Crippen LogP contribution is -2.30. The molecule has 1 aromatic heterocycles. The predicted octanol–water partition coefficient (Wildman–Crippen LogP) is 2.06. The third kappa shape index (κ3) is 3.55. The molecule has 106 valence electrons. The maximum Gasteiger partial charge on any atom is 0.223 e. The lowest BCUT2D eigenvalue weighted by Gasteiger charge is -2.11. The van der Waals surface area contributed by atoms with E-state index in [0.717, 1.165) is 37.5 Å². The number of nitrogens with one attached hydrogen (secondary N) is 1. The normalized spacial score (nSPS) is 16.5. The second kappa shape index (κ2) is 6.68. The van der Waals surface area contributed by atoms with E-state index in [2.05, 4.69) is 27.0 Å². The zero-order valence-electron chi connectivity index (χ0n) is 12.0. The van der Waals surface area contributed by atoms with Crippen LogP contribution in [-0.4, -0.2) is 20.7 Å². The number of fused-ring (bicyclic) bond motifs is 1. The van der Waals surface area contributed by atoms with Crippen LogP contribution >= 0.6 is 0 Å². The summed E-state index contributed by atoms with van der Waals surface area (Å²) in [5, 5.41) is 11.4. The summed E-state index contributed by atoms with van der Waals surface area (Å²) in [6, 6.07) is 0. The molecule has 0 saturated carbocycles. The van der Waals surface area contributed by atoms with E-state index in [4.69, 9.17) is 0 Å². The van der Waals surface area contributed by atoms with Crippen LogP contribution in [-0.2, 0) is 24.3 Å². The zero-order chi connectivity index (χ0) is 13.7. The Morgan fingerprint density at radius 1 is 1.37 bits per heavy atom. The second-order valence-corrected chi connectivity index (χ2v) is 5.40. The van der Waals surface area contributed by atoms with E-state index >= 15 is 0 Å². The van der Waals surface area contributed by atoms with Gasteiger partial charge >= 0.3 is 0 Å². The summed E-state index contributed by atoms with van der Waals surface area (Å²) in [6.45, 7) is 5.56. The summed E-state index contributed by atoms with van der Waals surface area (Å²) < 4.78 is 2.18. The number of aromatic nitrogens is 3. The van der Waals surface area contributed by atoms with Crippen LogP contribution in [0.5, 0.6) is 0 Å². The Morgan fingerprint density at radius 3 is 3.00 bits per heavy atom. The number of carbonyl (C=O) groups is 1. The molecule has 1 aliphatic rings. The maximum absolute atomic E-state index is 11.9. The average Bonchev–Trinajstić information content (AvgIpc) is 2.64. The van der Waals surface area contributed by atoms with Crippen LogP contribution in [0.4, 0.5) is 0 Å². The zero-order valence-corrected chi connectivity index (χ0v) is 12.0. The molecule has 0 fully saturated rings. The minimum Gasteiger partial charge on any atom is -0.349 e. The van der Waals surface area contributed by atoms with Crippen LogP contribution in [0.3, 0.4) is 0 Å². The van der Waals surface area contributed by atoms with E-state index in [9.17, 15) is 4.79 Å². The van der Waals surface area contributed by atoms with Gasteiger partial charge in [0.15, 0.2) is 5.82 Å². The van der Waals surface area contributed by atoms with Crippen LogP contribution < -0.4 is 5.32 Å². The Labute approximate surface area is 114 Å². The van der Waals surface area contributed by atoms with E-state index in [1.54, 1.807) is 0 Å². The summed E-state index contributed by atoms with van der Waals surface area (Å²) in [6.07, 6.45) is 6.60. The van der Waals surface area contributed by atoms with E-state index in [1.807, 2.05) is 6.92 Å². The van der Waals surface area contributed by atoms with Gasteiger partial charge in [0.25, 0.3) is 0 Å². The van der Waals surface area contributed by atoms with Crippen LogP contribution in [0.25, 0.3) is 0 Å². The van der Waals surface area contributed by atoms with E-state index < -0.39 is 0 Å². The minimum absolute atomic E-state index is 0.0801. The third-order valence-electron chi connectivity index (χ3n) is 3.78. The van der Waals surface area contributed by atoms with Gasteiger partial charge in [-0.05, 0) is 19.3 Å². The van der Waals surface area contributed by atoms with Gasteiger partial charge in [-0.3, -0.25) is 4.79 Å². The highest BCUT2D eigenvalue weighted by Gasteiger charge is 2.16. The molecular formula is C14H24N4O. The SMILES string of the molecule is CCCC(C)C(=O)NCc1nnc2n1CCCCC2. The minimum atomic E-state index is 0.0801. The Balaban J connectivity index is 1.93. The first-order valence-corrected chi connectivity index (χ1v) is 7.41. The molecule has 0 radical (unpaired) electrons. The third-order valence-corrected chi connectivity index (χ3v) is 3.78. The quantitative estimate of drug-likeness (QED) is 0.885. The van der Waals surface area contributed by atoms with Crippen molar-refractivity contribution in [1.29, 1.82) is 0 Å². The molecular weight excluding hydrogens is 240 g/mol. The van der Waals surface area contributed by atoms with Crippen LogP contribution in [0.15, 0.2) is 0 Å². The molecule has 2 heterocycles. The summed E-state index contributed by atoms with van der Waals surface area (Å²) in [5.74, 6) is 2.17. The first-order valence-electron chi connectivity index (χ1n) is 7.41. The summed E-state index contributed by atoms with van der Waals surface area (Å²) in [7, 11) is 0. The molecule has 0 aliphatic carbocycles. The molecule has 5 nitrogen and oxygen atoms in total. The fourth-order valence-corrected chi connectivity index (χ4v) is 2.58. The lowest BCUT2D eigenvalue weighted by atomic mass is 10.1. The molecule has 0 spiro atoms. The van der Waals surface area contributed by atoms with E-state index in [-0.39, 0.29) is 11.8 Å². The monoisotopic (exact) mass is 264 g/mol. The largest absolute Gasteiger partial charge is 0.349 e. The van der Waals surface area contributed by atoms with Gasteiger partial charge in [0.05, 0.1) is 6.54 Å². The molecule has 19 heavy (non-hydrogen) atoms.